The Kier molecular flexibility index (Phi) is 6.37. The summed E-state index contributed by atoms with van der Waals surface area (Å²) in [6.45, 7) is 2.18. The van der Waals surface area contributed by atoms with Gasteiger partial charge in [-0.15, -0.1) is 0 Å². The summed E-state index contributed by atoms with van der Waals surface area (Å²) in [6, 6.07) is 16.6. The van der Waals surface area contributed by atoms with Crippen LogP contribution in [0.25, 0.3) is 0 Å². The Morgan fingerprint density at radius 1 is 1.04 bits per heavy atom. The molecular weight excluding hydrogens is 306 g/mol. The zero-order valence-corrected chi connectivity index (χ0v) is 13.8. The van der Waals surface area contributed by atoms with Gasteiger partial charge in [0.2, 0.25) is 0 Å². The van der Waals surface area contributed by atoms with Crippen molar-refractivity contribution in [3.63, 3.8) is 0 Å². The van der Waals surface area contributed by atoms with Gasteiger partial charge in [0.15, 0.2) is 6.61 Å². The Morgan fingerprint density at radius 3 is 2.42 bits per heavy atom. The minimum absolute atomic E-state index is 0.181. The van der Waals surface area contributed by atoms with Gasteiger partial charge in [-0.25, -0.2) is 4.79 Å². The molecular formula is C19H21NO4. The third kappa shape index (κ3) is 4.84. The van der Waals surface area contributed by atoms with Crippen molar-refractivity contribution in [3.8, 4) is 5.75 Å². The molecule has 0 saturated heterocycles. The standard InChI is InChI=1S/C19H21NO4/c1-14(15-8-4-3-5-9-15)12-20-18(21)13-24-19(22)16-10-6-7-11-17(16)23-2/h3-11,14H,12-13H2,1-2H3,(H,20,21)/t14-/m0/s1. The van der Waals surface area contributed by atoms with Gasteiger partial charge in [-0.1, -0.05) is 49.4 Å². The van der Waals surface area contributed by atoms with Crippen LogP contribution in [0.15, 0.2) is 54.6 Å². The van der Waals surface area contributed by atoms with E-state index < -0.39 is 5.97 Å². The summed E-state index contributed by atoms with van der Waals surface area (Å²) in [5, 5.41) is 2.77. The zero-order chi connectivity index (χ0) is 17.4. The molecule has 0 unspecified atom stereocenters. The summed E-state index contributed by atoms with van der Waals surface area (Å²) < 4.78 is 10.1. The van der Waals surface area contributed by atoms with Crippen LogP contribution in [-0.4, -0.2) is 32.1 Å². The number of nitrogens with one attached hydrogen (secondary N) is 1. The molecule has 1 N–H and O–H groups in total. The van der Waals surface area contributed by atoms with E-state index in [2.05, 4.69) is 5.32 Å². The summed E-state index contributed by atoms with van der Waals surface area (Å²) in [4.78, 5) is 23.9. The van der Waals surface area contributed by atoms with Gasteiger partial charge < -0.3 is 14.8 Å². The minimum atomic E-state index is -0.585. The van der Waals surface area contributed by atoms with Gasteiger partial charge in [-0.2, -0.15) is 0 Å². The molecule has 5 heteroatoms. The van der Waals surface area contributed by atoms with Crippen molar-refractivity contribution in [2.45, 2.75) is 12.8 Å². The largest absolute Gasteiger partial charge is 0.496 e. The van der Waals surface area contributed by atoms with E-state index in [1.165, 1.54) is 7.11 Å². The monoisotopic (exact) mass is 327 g/mol. The lowest BCUT2D eigenvalue weighted by Crippen LogP contribution is -2.31. The second kappa shape index (κ2) is 8.72. The van der Waals surface area contributed by atoms with Crippen molar-refractivity contribution < 1.29 is 19.1 Å². The molecule has 0 saturated carbocycles. The van der Waals surface area contributed by atoms with E-state index in [0.717, 1.165) is 5.56 Å². The fraction of sp³-hybridized carbons (Fsp3) is 0.263. The highest BCUT2D eigenvalue weighted by atomic mass is 16.5. The molecule has 2 aromatic carbocycles. The Balaban J connectivity index is 1.80. The smallest absolute Gasteiger partial charge is 0.342 e. The second-order valence-corrected chi connectivity index (χ2v) is 5.39. The Hall–Kier alpha value is -2.82. The SMILES string of the molecule is COc1ccccc1C(=O)OCC(=O)NC[C@H](C)c1ccccc1. The number of carbonyl (C=O) groups excluding carboxylic acids is 2. The first-order chi connectivity index (χ1) is 11.6. The predicted molar refractivity (Wildman–Crippen MR) is 91.1 cm³/mol. The molecule has 1 amide bonds. The van der Waals surface area contributed by atoms with Gasteiger partial charge in [0.1, 0.15) is 11.3 Å². The molecule has 5 nitrogen and oxygen atoms in total. The number of para-hydroxylation sites is 1. The Labute approximate surface area is 141 Å². The lowest BCUT2D eigenvalue weighted by atomic mass is 10.0. The summed E-state index contributed by atoms with van der Waals surface area (Å²) in [6.07, 6.45) is 0. The van der Waals surface area contributed by atoms with Gasteiger partial charge in [-0.3, -0.25) is 4.79 Å². The van der Waals surface area contributed by atoms with Gasteiger partial charge in [0.25, 0.3) is 5.91 Å². The lowest BCUT2D eigenvalue weighted by molar-refractivity contribution is -0.124. The molecule has 2 rings (SSSR count). The lowest BCUT2D eigenvalue weighted by Gasteiger charge is -2.13. The maximum atomic E-state index is 12.0. The quantitative estimate of drug-likeness (QED) is 0.794. The average Bonchev–Trinajstić information content (AvgIpc) is 2.64. The summed E-state index contributed by atoms with van der Waals surface area (Å²) in [7, 11) is 1.48. The first kappa shape index (κ1) is 17.5. The van der Waals surface area contributed by atoms with Crippen LogP contribution in [0.4, 0.5) is 0 Å². The molecule has 0 radical (unpaired) electrons. The van der Waals surface area contributed by atoms with Crippen LogP contribution in [-0.2, 0) is 9.53 Å². The maximum Gasteiger partial charge on any atom is 0.342 e. The van der Waals surface area contributed by atoms with E-state index >= 15 is 0 Å². The van der Waals surface area contributed by atoms with Crippen molar-refractivity contribution in [1.82, 2.24) is 5.32 Å². The molecule has 2 aromatic rings. The normalized spacial score (nSPS) is 11.4. The molecule has 0 spiro atoms. The van der Waals surface area contributed by atoms with Crippen LogP contribution in [0.3, 0.4) is 0 Å². The number of rotatable bonds is 7. The van der Waals surface area contributed by atoms with E-state index in [1.54, 1.807) is 24.3 Å². The topological polar surface area (TPSA) is 64.6 Å². The van der Waals surface area contributed by atoms with E-state index in [1.807, 2.05) is 37.3 Å². The highest BCUT2D eigenvalue weighted by Gasteiger charge is 2.15. The summed E-state index contributed by atoms with van der Waals surface area (Å²) in [5.41, 5.74) is 1.44. The van der Waals surface area contributed by atoms with E-state index in [4.69, 9.17) is 9.47 Å². The minimum Gasteiger partial charge on any atom is -0.496 e. The number of hydrogen-bond donors (Lipinski definition) is 1. The van der Waals surface area contributed by atoms with Gasteiger partial charge in [-0.05, 0) is 23.6 Å². The molecule has 126 valence electrons. The molecule has 0 aromatic heterocycles. The zero-order valence-electron chi connectivity index (χ0n) is 13.8. The molecule has 0 heterocycles. The van der Waals surface area contributed by atoms with Crippen molar-refractivity contribution in [3.05, 3.63) is 65.7 Å². The molecule has 0 aliphatic heterocycles. The highest BCUT2D eigenvalue weighted by Crippen LogP contribution is 2.18. The van der Waals surface area contributed by atoms with Gasteiger partial charge in [0, 0.05) is 6.54 Å². The predicted octanol–water partition coefficient (Wildman–Crippen LogP) is 2.77. The third-order valence-corrected chi connectivity index (χ3v) is 3.64. The number of amides is 1. The fourth-order valence-corrected chi connectivity index (χ4v) is 2.24. The number of ether oxygens (including phenoxy) is 2. The fourth-order valence-electron chi connectivity index (χ4n) is 2.24. The molecule has 0 fully saturated rings. The van der Waals surface area contributed by atoms with Crippen molar-refractivity contribution in [2.75, 3.05) is 20.3 Å². The highest BCUT2D eigenvalue weighted by molar-refractivity contribution is 5.93. The first-order valence-electron chi connectivity index (χ1n) is 7.73. The molecule has 0 aliphatic rings. The summed E-state index contributed by atoms with van der Waals surface area (Å²) >= 11 is 0. The molecule has 1 atom stereocenters. The van der Waals surface area contributed by atoms with Gasteiger partial charge in [0.05, 0.1) is 7.11 Å². The molecule has 0 aliphatic carbocycles. The maximum absolute atomic E-state index is 12.0. The second-order valence-electron chi connectivity index (χ2n) is 5.39. The number of hydrogen-bond acceptors (Lipinski definition) is 4. The molecule has 0 bridgehead atoms. The number of esters is 1. The first-order valence-corrected chi connectivity index (χ1v) is 7.73. The van der Waals surface area contributed by atoms with Crippen LogP contribution in [0.2, 0.25) is 0 Å². The van der Waals surface area contributed by atoms with Crippen LogP contribution < -0.4 is 10.1 Å². The van der Waals surface area contributed by atoms with Crippen molar-refractivity contribution >= 4 is 11.9 Å². The Bertz CT molecular complexity index is 685. The van der Waals surface area contributed by atoms with E-state index in [9.17, 15) is 9.59 Å². The molecule has 24 heavy (non-hydrogen) atoms. The van der Waals surface area contributed by atoms with E-state index in [0.29, 0.717) is 17.9 Å². The Morgan fingerprint density at radius 2 is 1.71 bits per heavy atom. The number of carbonyl (C=O) groups is 2. The van der Waals surface area contributed by atoms with Crippen LogP contribution >= 0.6 is 0 Å². The van der Waals surface area contributed by atoms with Crippen molar-refractivity contribution in [1.29, 1.82) is 0 Å². The number of benzene rings is 2. The van der Waals surface area contributed by atoms with E-state index in [-0.39, 0.29) is 18.4 Å². The number of methoxy groups -OCH3 is 1. The van der Waals surface area contributed by atoms with Crippen LogP contribution in [0, 0.1) is 0 Å². The van der Waals surface area contributed by atoms with Crippen LogP contribution in [0.1, 0.15) is 28.8 Å². The van der Waals surface area contributed by atoms with Gasteiger partial charge >= 0.3 is 5.97 Å². The third-order valence-electron chi connectivity index (χ3n) is 3.64. The van der Waals surface area contributed by atoms with Crippen molar-refractivity contribution in [2.24, 2.45) is 0 Å². The summed E-state index contributed by atoms with van der Waals surface area (Å²) in [5.74, 6) is -0.319. The average molecular weight is 327 g/mol. The van der Waals surface area contributed by atoms with Crippen LogP contribution in [0.5, 0.6) is 5.75 Å².